The number of nitrogens with one attached hydrogen (secondary N) is 1. The summed E-state index contributed by atoms with van der Waals surface area (Å²) >= 11 is 0. The average molecular weight is 300 g/mol. The standard InChI is InChI=1S/C10H16N6O3S/c1-3-16-6-8(10(11)14-16)20(17,18)12-5-4-9-13-7(2)15-19-9/h6,12H,3-5H2,1-2H3,(H2,11,14). The van der Waals surface area contributed by atoms with Gasteiger partial charge in [-0.1, -0.05) is 5.16 Å². The first kappa shape index (κ1) is 14.5. The molecule has 0 aliphatic carbocycles. The van der Waals surface area contributed by atoms with Crippen LogP contribution in [0, 0.1) is 6.92 Å². The lowest BCUT2D eigenvalue weighted by Crippen LogP contribution is -2.26. The summed E-state index contributed by atoms with van der Waals surface area (Å²) < 4.78 is 32.9. The van der Waals surface area contributed by atoms with E-state index in [1.54, 1.807) is 6.92 Å². The van der Waals surface area contributed by atoms with E-state index in [1.807, 2.05) is 6.92 Å². The van der Waals surface area contributed by atoms with Crippen LogP contribution in [-0.2, 0) is 23.0 Å². The molecule has 2 aromatic heterocycles. The second-order valence-corrected chi connectivity index (χ2v) is 5.85. The van der Waals surface area contributed by atoms with Crippen LogP contribution in [0.4, 0.5) is 5.82 Å². The summed E-state index contributed by atoms with van der Waals surface area (Å²) in [6, 6.07) is 0. The number of hydrogen-bond donors (Lipinski definition) is 2. The molecule has 2 aromatic rings. The first-order chi connectivity index (χ1) is 9.42. The van der Waals surface area contributed by atoms with E-state index in [9.17, 15) is 8.42 Å². The minimum atomic E-state index is -3.69. The number of nitrogens with zero attached hydrogens (tertiary/aromatic N) is 4. The zero-order chi connectivity index (χ0) is 14.8. The fraction of sp³-hybridized carbons (Fsp3) is 0.500. The van der Waals surface area contributed by atoms with Crippen LogP contribution in [0.1, 0.15) is 18.6 Å². The Morgan fingerprint density at radius 3 is 2.80 bits per heavy atom. The summed E-state index contributed by atoms with van der Waals surface area (Å²) in [6.45, 7) is 4.22. The Hall–Kier alpha value is -1.94. The Bertz CT molecular complexity index is 690. The molecule has 0 saturated heterocycles. The zero-order valence-electron chi connectivity index (χ0n) is 11.2. The molecular formula is C10H16N6O3S. The molecule has 20 heavy (non-hydrogen) atoms. The van der Waals surface area contributed by atoms with Gasteiger partial charge in [-0.15, -0.1) is 0 Å². The van der Waals surface area contributed by atoms with Gasteiger partial charge in [0.05, 0.1) is 0 Å². The van der Waals surface area contributed by atoms with Crippen LogP contribution >= 0.6 is 0 Å². The van der Waals surface area contributed by atoms with Gasteiger partial charge < -0.3 is 10.3 Å². The van der Waals surface area contributed by atoms with E-state index >= 15 is 0 Å². The number of aromatic nitrogens is 4. The van der Waals surface area contributed by atoms with Gasteiger partial charge in [-0.05, 0) is 13.8 Å². The third-order valence-corrected chi connectivity index (χ3v) is 4.05. The van der Waals surface area contributed by atoms with Crippen LogP contribution < -0.4 is 10.5 Å². The van der Waals surface area contributed by atoms with Gasteiger partial charge in [0.25, 0.3) is 0 Å². The van der Waals surface area contributed by atoms with Crippen molar-refractivity contribution in [1.82, 2.24) is 24.6 Å². The lowest BCUT2D eigenvalue weighted by Gasteiger charge is -2.03. The maximum absolute atomic E-state index is 12.1. The van der Waals surface area contributed by atoms with Gasteiger partial charge in [0.1, 0.15) is 4.90 Å². The van der Waals surface area contributed by atoms with Crippen LogP contribution in [0.3, 0.4) is 0 Å². The van der Waals surface area contributed by atoms with E-state index in [0.717, 1.165) is 0 Å². The molecule has 0 saturated carbocycles. The third-order valence-electron chi connectivity index (χ3n) is 2.57. The number of anilines is 1. The summed E-state index contributed by atoms with van der Waals surface area (Å²) in [5.74, 6) is 0.867. The van der Waals surface area contributed by atoms with Crippen molar-refractivity contribution in [3.63, 3.8) is 0 Å². The highest BCUT2D eigenvalue weighted by Gasteiger charge is 2.20. The first-order valence-corrected chi connectivity index (χ1v) is 7.52. The van der Waals surface area contributed by atoms with E-state index in [0.29, 0.717) is 24.7 Å². The van der Waals surface area contributed by atoms with Crippen molar-refractivity contribution in [3.05, 3.63) is 17.9 Å². The number of aryl methyl sites for hydroxylation is 2. The second kappa shape index (κ2) is 5.59. The molecule has 0 aromatic carbocycles. The van der Waals surface area contributed by atoms with Crippen molar-refractivity contribution in [2.24, 2.45) is 0 Å². The van der Waals surface area contributed by atoms with Crippen LogP contribution in [0.15, 0.2) is 15.6 Å². The molecule has 110 valence electrons. The molecule has 0 amide bonds. The number of rotatable bonds is 6. The molecular weight excluding hydrogens is 284 g/mol. The van der Waals surface area contributed by atoms with Gasteiger partial charge in [0, 0.05) is 25.7 Å². The van der Waals surface area contributed by atoms with Crippen molar-refractivity contribution in [2.75, 3.05) is 12.3 Å². The van der Waals surface area contributed by atoms with Crippen molar-refractivity contribution in [3.8, 4) is 0 Å². The van der Waals surface area contributed by atoms with Crippen LogP contribution in [0.2, 0.25) is 0 Å². The quantitative estimate of drug-likeness (QED) is 0.749. The zero-order valence-corrected chi connectivity index (χ0v) is 12.0. The smallest absolute Gasteiger partial charge is 0.245 e. The Morgan fingerprint density at radius 1 is 1.50 bits per heavy atom. The van der Waals surface area contributed by atoms with Gasteiger partial charge in [-0.25, -0.2) is 13.1 Å². The molecule has 0 aliphatic heterocycles. The molecule has 0 spiro atoms. The maximum Gasteiger partial charge on any atom is 0.245 e. The van der Waals surface area contributed by atoms with Crippen LogP contribution in [0.5, 0.6) is 0 Å². The van der Waals surface area contributed by atoms with E-state index in [-0.39, 0.29) is 17.3 Å². The second-order valence-electron chi connectivity index (χ2n) is 4.12. The molecule has 0 bridgehead atoms. The van der Waals surface area contributed by atoms with Crippen molar-refractivity contribution in [2.45, 2.75) is 31.7 Å². The minimum Gasteiger partial charge on any atom is -0.381 e. The van der Waals surface area contributed by atoms with Gasteiger partial charge in [-0.3, -0.25) is 4.68 Å². The molecule has 0 atom stereocenters. The minimum absolute atomic E-state index is 0.0204. The summed E-state index contributed by atoms with van der Waals surface area (Å²) in [6.07, 6.45) is 1.70. The fourth-order valence-corrected chi connectivity index (χ4v) is 2.70. The van der Waals surface area contributed by atoms with Crippen LogP contribution in [0.25, 0.3) is 0 Å². The Labute approximate surface area is 116 Å². The lowest BCUT2D eigenvalue weighted by molar-refractivity contribution is 0.375. The molecule has 3 N–H and O–H groups in total. The number of nitrogens with two attached hydrogens (primary N) is 1. The fourth-order valence-electron chi connectivity index (χ4n) is 1.60. The summed E-state index contributed by atoms with van der Waals surface area (Å²) in [5, 5.41) is 7.52. The highest BCUT2D eigenvalue weighted by atomic mass is 32.2. The first-order valence-electron chi connectivity index (χ1n) is 6.04. The largest absolute Gasteiger partial charge is 0.381 e. The van der Waals surface area contributed by atoms with E-state index in [4.69, 9.17) is 10.3 Å². The van der Waals surface area contributed by atoms with E-state index < -0.39 is 10.0 Å². The Kier molecular flexibility index (Phi) is 4.04. The highest BCUT2D eigenvalue weighted by molar-refractivity contribution is 7.89. The summed E-state index contributed by atoms with van der Waals surface area (Å²) in [4.78, 5) is 3.96. The van der Waals surface area contributed by atoms with Gasteiger partial charge in [0.15, 0.2) is 11.6 Å². The highest BCUT2D eigenvalue weighted by Crippen LogP contribution is 2.15. The monoisotopic (exact) mass is 300 g/mol. The normalized spacial score (nSPS) is 11.9. The maximum atomic E-state index is 12.1. The molecule has 0 aliphatic rings. The van der Waals surface area contributed by atoms with E-state index in [2.05, 4.69) is 20.0 Å². The Morgan fingerprint density at radius 2 is 2.25 bits per heavy atom. The van der Waals surface area contributed by atoms with Crippen molar-refractivity contribution in [1.29, 1.82) is 0 Å². The predicted octanol–water partition coefficient (Wildman–Crippen LogP) is -0.302. The molecule has 9 nitrogen and oxygen atoms in total. The molecule has 10 heteroatoms. The summed E-state index contributed by atoms with van der Waals surface area (Å²) in [7, 11) is -3.69. The van der Waals surface area contributed by atoms with Crippen LogP contribution in [-0.4, -0.2) is 34.9 Å². The Balaban J connectivity index is 2.01. The number of nitrogen functional groups attached to an aromatic ring is 1. The van der Waals surface area contributed by atoms with Crippen molar-refractivity contribution < 1.29 is 12.9 Å². The summed E-state index contributed by atoms with van der Waals surface area (Å²) in [5.41, 5.74) is 5.60. The average Bonchev–Trinajstić information content (AvgIpc) is 2.95. The third kappa shape index (κ3) is 3.14. The predicted molar refractivity (Wildman–Crippen MR) is 70.2 cm³/mol. The topological polar surface area (TPSA) is 129 Å². The number of sulfonamides is 1. The molecule has 0 radical (unpaired) electrons. The van der Waals surface area contributed by atoms with E-state index in [1.165, 1.54) is 10.9 Å². The van der Waals surface area contributed by atoms with Gasteiger partial charge in [-0.2, -0.15) is 10.1 Å². The SMILES string of the molecule is CCn1cc(S(=O)(=O)NCCc2nc(C)no2)c(N)n1. The molecule has 2 rings (SSSR count). The molecule has 2 heterocycles. The van der Waals surface area contributed by atoms with Crippen molar-refractivity contribution >= 4 is 15.8 Å². The lowest BCUT2D eigenvalue weighted by atomic mass is 10.4. The van der Waals surface area contributed by atoms with Gasteiger partial charge in [0.2, 0.25) is 15.9 Å². The number of hydrogen-bond acceptors (Lipinski definition) is 7. The van der Waals surface area contributed by atoms with Gasteiger partial charge >= 0.3 is 0 Å². The molecule has 0 unspecified atom stereocenters. The molecule has 0 fully saturated rings.